The van der Waals surface area contributed by atoms with E-state index in [0.29, 0.717) is 37.0 Å². The number of alkyl halides is 1. The van der Waals surface area contributed by atoms with Gasteiger partial charge in [-0.2, -0.15) is 10.1 Å². The van der Waals surface area contributed by atoms with Gasteiger partial charge in [0.25, 0.3) is 0 Å². The van der Waals surface area contributed by atoms with E-state index in [0.717, 1.165) is 0 Å². The van der Waals surface area contributed by atoms with Gasteiger partial charge in [0, 0.05) is 25.8 Å². The van der Waals surface area contributed by atoms with Crippen molar-refractivity contribution in [2.45, 2.75) is 31.6 Å². The molecule has 0 aliphatic carbocycles. The number of halogens is 3. The Kier molecular flexibility index (Phi) is 5.97. The van der Waals surface area contributed by atoms with Crippen molar-refractivity contribution in [2.24, 2.45) is 0 Å². The summed E-state index contributed by atoms with van der Waals surface area (Å²) in [4.78, 5) is 18.7. The average molecular weight is 460 g/mol. The Bertz CT molecular complexity index is 1080. The molecule has 0 unspecified atom stereocenters. The summed E-state index contributed by atoms with van der Waals surface area (Å²) in [5, 5.41) is 20.5. The van der Waals surface area contributed by atoms with Gasteiger partial charge in [-0.1, -0.05) is 11.6 Å². The maximum atomic E-state index is 14.1. The van der Waals surface area contributed by atoms with Gasteiger partial charge in [0.05, 0.1) is 29.6 Å². The zero-order valence-electron chi connectivity index (χ0n) is 15.4. The summed E-state index contributed by atoms with van der Waals surface area (Å²) in [5.41, 5.74) is 0.157. The van der Waals surface area contributed by atoms with Gasteiger partial charge in [0.1, 0.15) is 12.4 Å². The number of aryl methyl sites for hydroxylation is 1. The molecule has 1 aliphatic heterocycles. The second-order valence-corrected chi connectivity index (χ2v) is 7.29. The highest BCUT2D eigenvalue weighted by molar-refractivity contribution is 6.34. The fourth-order valence-corrected chi connectivity index (χ4v) is 3.55. The first-order valence-electron chi connectivity index (χ1n) is 9.06. The molecule has 3 aromatic rings. The summed E-state index contributed by atoms with van der Waals surface area (Å²) in [5.74, 6) is -0.160. The van der Waals surface area contributed by atoms with Crippen LogP contribution in [0.4, 0.5) is 10.1 Å². The maximum Gasteiger partial charge on any atom is 0.350 e. The molecule has 160 valence electrons. The lowest BCUT2D eigenvalue weighted by molar-refractivity contribution is -0.386. The predicted octanol–water partition coefficient (Wildman–Crippen LogP) is 3.01. The normalized spacial score (nSPS) is 19.3. The fourth-order valence-electron chi connectivity index (χ4n) is 3.19. The van der Waals surface area contributed by atoms with Crippen molar-refractivity contribution in [3.63, 3.8) is 0 Å². The average Bonchev–Trinajstić information content (AvgIpc) is 3.27. The Balaban J connectivity index is 1.43. The second-order valence-electron chi connectivity index (χ2n) is 6.60. The van der Waals surface area contributed by atoms with Crippen LogP contribution in [-0.4, -0.2) is 60.4 Å². The minimum absolute atomic E-state index is 0.0667. The molecule has 0 spiro atoms. The Morgan fingerprint density at radius 1 is 1.40 bits per heavy atom. The van der Waals surface area contributed by atoms with E-state index in [2.05, 4.69) is 20.2 Å². The van der Waals surface area contributed by atoms with Crippen molar-refractivity contribution < 1.29 is 18.8 Å². The molecule has 30 heavy (non-hydrogen) atoms. The van der Waals surface area contributed by atoms with Gasteiger partial charge in [-0.05, 0) is 18.0 Å². The Morgan fingerprint density at radius 2 is 2.23 bits per heavy atom. The van der Waals surface area contributed by atoms with Crippen molar-refractivity contribution in [3.8, 4) is 5.88 Å². The number of nitrogens with zero attached hydrogens (tertiary/aromatic N) is 7. The summed E-state index contributed by atoms with van der Waals surface area (Å²) in [6, 6.07) is -0.628. The van der Waals surface area contributed by atoms with E-state index < -0.39 is 17.1 Å². The molecule has 3 aromatic heterocycles. The van der Waals surface area contributed by atoms with Crippen LogP contribution in [0.25, 0.3) is 11.0 Å². The Morgan fingerprint density at radius 3 is 3.00 bits per heavy atom. The third kappa shape index (κ3) is 4.16. The summed E-state index contributed by atoms with van der Waals surface area (Å²) < 4.78 is 27.5. The Labute approximate surface area is 178 Å². The van der Waals surface area contributed by atoms with E-state index in [1.54, 1.807) is 4.68 Å². The fraction of sp³-hybridized carbons (Fsp3) is 0.500. The van der Waals surface area contributed by atoms with Crippen molar-refractivity contribution in [2.75, 3.05) is 19.8 Å². The molecule has 14 heteroatoms. The number of rotatable bonds is 7. The quantitative estimate of drug-likeness (QED) is 0.228. The van der Waals surface area contributed by atoms with Crippen LogP contribution >= 0.6 is 23.2 Å². The first-order chi connectivity index (χ1) is 14.4. The zero-order valence-corrected chi connectivity index (χ0v) is 17.0. The molecule has 1 aliphatic rings. The lowest BCUT2D eigenvalue weighted by Gasteiger charge is -2.25. The highest BCUT2D eigenvalue weighted by atomic mass is 35.5. The number of aromatic nitrogens is 6. The lowest BCUT2D eigenvalue weighted by atomic mass is 10.1. The summed E-state index contributed by atoms with van der Waals surface area (Å²) in [6.45, 7) is 0.783. The van der Waals surface area contributed by atoms with Crippen LogP contribution in [-0.2, 0) is 11.3 Å². The molecule has 0 saturated carbocycles. The second kappa shape index (κ2) is 8.66. The molecule has 4 rings (SSSR count). The minimum Gasteiger partial charge on any atom is -0.472 e. The van der Waals surface area contributed by atoms with Gasteiger partial charge < -0.3 is 9.47 Å². The van der Waals surface area contributed by atoms with Crippen LogP contribution in [0, 0.1) is 10.1 Å². The summed E-state index contributed by atoms with van der Waals surface area (Å²) in [6.07, 6.45) is 2.19. The van der Waals surface area contributed by atoms with Crippen LogP contribution in [0.3, 0.4) is 0 Å². The number of fused-ring (bicyclic) bond motifs is 1. The first-order valence-corrected chi connectivity index (χ1v) is 9.82. The van der Waals surface area contributed by atoms with Gasteiger partial charge >= 0.3 is 11.6 Å². The van der Waals surface area contributed by atoms with E-state index in [1.807, 2.05) is 0 Å². The molecule has 1 saturated heterocycles. The van der Waals surface area contributed by atoms with Crippen LogP contribution < -0.4 is 4.74 Å². The van der Waals surface area contributed by atoms with E-state index in [9.17, 15) is 14.5 Å². The smallest absolute Gasteiger partial charge is 0.350 e. The third-order valence-corrected chi connectivity index (χ3v) is 5.10. The Hall–Kier alpha value is -2.57. The standard InChI is InChI=1S/C16H16Cl2FN7O4/c17-13-9-6-20-16(18)21-14(9)24(22-13)3-1-4-30-15-12(26(27)28)7-25(23-15)11-2-5-29-8-10(11)19/h6-7,10-11H,1-5,8H2/t10-,11-/m0/s1. The van der Waals surface area contributed by atoms with E-state index in [4.69, 9.17) is 32.7 Å². The highest BCUT2D eigenvalue weighted by Crippen LogP contribution is 2.31. The van der Waals surface area contributed by atoms with Crippen molar-refractivity contribution in [3.05, 3.63) is 32.9 Å². The predicted molar refractivity (Wildman–Crippen MR) is 104 cm³/mol. The van der Waals surface area contributed by atoms with Crippen LogP contribution in [0.15, 0.2) is 12.4 Å². The largest absolute Gasteiger partial charge is 0.472 e. The molecule has 2 atom stereocenters. The van der Waals surface area contributed by atoms with E-state index in [1.165, 1.54) is 17.1 Å². The highest BCUT2D eigenvalue weighted by Gasteiger charge is 2.31. The van der Waals surface area contributed by atoms with Crippen molar-refractivity contribution >= 4 is 39.9 Å². The van der Waals surface area contributed by atoms with Crippen LogP contribution in [0.5, 0.6) is 5.88 Å². The zero-order chi connectivity index (χ0) is 21.3. The van der Waals surface area contributed by atoms with E-state index >= 15 is 0 Å². The molecule has 0 amide bonds. The molecule has 0 bridgehead atoms. The molecule has 0 N–H and O–H groups in total. The number of hydrogen-bond donors (Lipinski definition) is 0. The number of ether oxygens (including phenoxy) is 2. The third-order valence-electron chi connectivity index (χ3n) is 4.64. The molecule has 0 radical (unpaired) electrons. The molecular formula is C16H16Cl2FN7O4. The molecular weight excluding hydrogens is 444 g/mol. The first kappa shape index (κ1) is 20.7. The lowest BCUT2D eigenvalue weighted by Crippen LogP contribution is -2.31. The minimum atomic E-state index is -1.29. The topological polar surface area (TPSA) is 123 Å². The van der Waals surface area contributed by atoms with Gasteiger partial charge in [-0.25, -0.2) is 14.1 Å². The maximum absolute atomic E-state index is 14.1. The van der Waals surface area contributed by atoms with Crippen molar-refractivity contribution in [1.29, 1.82) is 0 Å². The van der Waals surface area contributed by atoms with E-state index in [-0.39, 0.29) is 35.2 Å². The molecule has 4 heterocycles. The van der Waals surface area contributed by atoms with Gasteiger partial charge in [-0.3, -0.25) is 14.8 Å². The van der Waals surface area contributed by atoms with Crippen LogP contribution in [0.2, 0.25) is 10.4 Å². The molecule has 11 nitrogen and oxygen atoms in total. The summed E-state index contributed by atoms with van der Waals surface area (Å²) >= 11 is 11.9. The van der Waals surface area contributed by atoms with Gasteiger partial charge in [0.2, 0.25) is 5.28 Å². The monoisotopic (exact) mass is 459 g/mol. The SMILES string of the molecule is O=[N+]([O-])c1cn([C@H]2CCOC[C@@H]2F)nc1OCCCn1nc(Cl)c2cnc(Cl)nc21. The molecule has 0 aromatic carbocycles. The summed E-state index contributed by atoms with van der Waals surface area (Å²) in [7, 11) is 0. The van der Waals surface area contributed by atoms with Gasteiger partial charge in [-0.15, -0.1) is 5.10 Å². The number of nitro groups is 1. The molecule has 1 fully saturated rings. The number of hydrogen-bond acceptors (Lipinski definition) is 8. The van der Waals surface area contributed by atoms with Gasteiger partial charge in [0.15, 0.2) is 10.8 Å². The van der Waals surface area contributed by atoms with Crippen molar-refractivity contribution in [1.82, 2.24) is 29.5 Å². The van der Waals surface area contributed by atoms with Crippen LogP contribution in [0.1, 0.15) is 18.9 Å².